The molecule has 1 unspecified atom stereocenters. The van der Waals surface area contributed by atoms with Crippen LogP contribution in [0, 0.1) is 5.41 Å². The molecule has 1 rings (SSSR count). The van der Waals surface area contributed by atoms with Crippen LogP contribution >= 0.6 is 0 Å². The van der Waals surface area contributed by atoms with E-state index in [1.807, 2.05) is 0 Å². The highest BCUT2D eigenvalue weighted by atomic mass is 14.9. The molecule has 0 spiro atoms. The molecule has 0 bridgehead atoms. The van der Waals surface area contributed by atoms with Crippen LogP contribution in [0.15, 0.2) is 12.7 Å². The second-order valence-corrected chi connectivity index (χ2v) is 4.59. The van der Waals surface area contributed by atoms with Crippen molar-refractivity contribution in [3.63, 3.8) is 0 Å². The zero-order chi connectivity index (χ0) is 10.4. The van der Waals surface area contributed by atoms with Crippen molar-refractivity contribution in [2.75, 3.05) is 6.54 Å². The van der Waals surface area contributed by atoms with Gasteiger partial charge in [0.25, 0.3) is 0 Å². The van der Waals surface area contributed by atoms with Gasteiger partial charge < -0.3 is 5.32 Å². The summed E-state index contributed by atoms with van der Waals surface area (Å²) in [5.74, 6) is 0. The minimum absolute atomic E-state index is 0.525. The van der Waals surface area contributed by atoms with Crippen LogP contribution < -0.4 is 5.32 Å². The van der Waals surface area contributed by atoms with E-state index >= 15 is 0 Å². The summed E-state index contributed by atoms with van der Waals surface area (Å²) >= 11 is 0. The number of nitrogens with one attached hydrogen (secondary N) is 1. The van der Waals surface area contributed by atoms with Gasteiger partial charge in [0.15, 0.2) is 0 Å². The lowest BCUT2D eigenvalue weighted by molar-refractivity contribution is 0.219. The summed E-state index contributed by atoms with van der Waals surface area (Å²) in [6.07, 6.45) is 10.2. The second-order valence-electron chi connectivity index (χ2n) is 4.59. The molecule has 82 valence electrons. The molecule has 0 radical (unpaired) electrons. The SMILES string of the molecule is C=CC(NCCC)C1(CC)CCCC1. The molecule has 0 aromatic heterocycles. The highest BCUT2D eigenvalue weighted by Gasteiger charge is 2.37. The van der Waals surface area contributed by atoms with Gasteiger partial charge in [0.1, 0.15) is 0 Å². The van der Waals surface area contributed by atoms with Crippen LogP contribution in [0.25, 0.3) is 0 Å². The zero-order valence-electron chi connectivity index (χ0n) is 9.81. The Balaban J connectivity index is 2.58. The van der Waals surface area contributed by atoms with Gasteiger partial charge in [-0.25, -0.2) is 0 Å². The van der Waals surface area contributed by atoms with Crippen LogP contribution in [0.4, 0.5) is 0 Å². The average molecular weight is 195 g/mol. The van der Waals surface area contributed by atoms with Gasteiger partial charge in [-0.2, -0.15) is 0 Å². The molecule has 1 atom stereocenters. The molecule has 0 aromatic rings. The van der Waals surface area contributed by atoms with E-state index in [2.05, 4.69) is 31.8 Å². The number of hydrogen-bond donors (Lipinski definition) is 1. The van der Waals surface area contributed by atoms with E-state index in [1.165, 1.54) is 38.5 Å². The Hall–Kier alpha value is -0.300. The lowest BCUT2D eigenvalue weighted by atomic mass is 9.76. The Bertz CT molecular complexity index is 168. The Kier molecular flexibility index (Phi) is 4.67. The van der Waals surface area contributed by atoms with E-state index in [9.17, 15) is 0 Å². The molecule has 0 aliphatic heterocycles. The normalized spacial score (nSPS) is 22.1. The molecule has 1 heteroatoms. The van der Waals surface area contributed by atoms with Crippen molar-refractivity contribution in [2.45, 2.75) is 58.4 Å². The van der Waals surface area contributed by atoms with Crippen molar-refractivity contribution in [1.82, 2.24) is 5.32 Å². The summed E-state index contributed by atoms with van der Waals surface area (Å²) < 4.78 is 0. The van der Waals surface area contributed by atoms with Crippen LogP contribution in [0.3, 0.4) is 0 Å². The van der Waals surface area contributed by atoms with Gasteiger partial charge in [0.2, 0.25) is 0 Å². The van der Waals surface area contributed by atoms with Gasteiger partial charge in [0, 0.05) is 6.04 Å². The predicted molar refractivity (Wildman–Crippen MR) is 63.5 cm³/mol. The molecular weight excluding hydrogens is 170 g/mol. The van der Waals surface area contributed by atoms with Crippen molar-refractivity contribution in [1.29, 1.82) is 0 Å². The average Bonchev–Trinajstić information content (AvgIpc) is 2.69. The first-order chi connectivity index (χ1) is 6.79. The summed E-state index contributed by atoms with van der Waals surface area (Å²) in [5, 5.41) is 3.63. The van der Waals surface area contributed by atoms with Crippen LogP contribution in [-0.4, -0.2) is 12.6 Å². The molecule has 0 aromatic carbocycles. The monoisotopic (exact) mass is 195 g/mol. The molecule has 0 amide bonds. The van der Waals surface area contributed by atoms with Gasteiger partial charge in [0.05, 0.1) is 0 Å². The standard InChI is InChI=1S/C13H25N/c1-4-11-14-12(5-2)13(6-3)9-7-8-10-13/h5,12,14H,2,4,6-11H2,1,3H3. The maximum atomic E-state index is 3.99. The minimum Gasteiger partial charge on any atom is -0.310 e. The largest absolute Gasteiger partial charge is 0.310 e. The lowest BCUT2D eigenvalue weighted by Crippen LogP contribution is -2.42. The molecule has 1 saturated carbocycles. The molecule has 0 saturated heterocycles. The van der Waals surface area contributed by atoms with Gasteiger partial charge >= 0.3 is 0 Å². The predicted octanol–water partition coefficient (Wildman–Crippen LogP) is 3.51. The van der Waals surface area contributed by atoms with Gasteiger partial charge in [-0.3, -0.25) is 0 Å². The Morgan fingerprint density at radius 1 is 1.36 bits per heavy atom. The Labute approximate surface area is 89.0 Å². The van der Waals surface area contributed by atoms with Crippen LogP contribution in [0.1, 0.15) is 52.4 Å². The van der Waals surface area contributed by atoms with E-state index in [0.717, 1.165) is 6.54 Å². The van der Waals surface area contributed by atoms with E-state index < -0.39 is 0 Å². The van der Waals surface area contributed by atoms with Crippen molar-refractivity contribution in [3.8, 4) is 0 Å². The first-order valence-electron chi connectivity index (χ1n) is 6.15. The topological polar surface area (TPSA) is 12.0 Å². The molecule has 1 fully saturated rings. The van der Waals surface area contributed by atoms with Crippen molar-refractivity contribution in [2.24, 2.45) is 5.41 Å². The van der Waals surface area contributed by atoms with E-state index in [4.69, 9.17) is 0 Å². The van der Waals surface area contributed by atoms with Gasteiger partial charge in [-0.15, -0.1) is 6.58 Å². The molecular formula is C13H25N. The molecule has 1 nitrogen and oxygen atoms in total. The van der Waals surface area contributed by atoms with Crippen LogP contribution in [0.5, 0.6) is 0 Å². The summed E-state index contributed by atoms with van der Waals surface area (Å²) in [5.41, 5.74) is 0.525. The highest BCUT2D eigenvalue weighted by molar-refractivity contribution is 5.02. The molecule has 1 aliphatic carbocycles. The smallest absolute Gasteiger partial charge is 0.0304 e. The maximum absolute atomic E-state index is 3.99. The number of rotatable bonds is 6. The summed E-state index contributed by atoms with van der Waals surface area (Å²) in [4.78, 5) is 0. The molecule has 1 aliphatic rings. The fourth-order valence-corrected chi connectivity index (χ4v) is 2.81. The van der Waals surface area contributed by atoms with Crippen molar-refractivity contribution in [3.05, 3.63) is 12.7 Å². The third-order valence-electron chi connectivity index (χ3n) is 3.81. The first kappa shape index (κ1) is 11.8. The van der Waals surface area contributed by atoms with Gasteiger partial charge in [-0.05, 0) is 37.6 Å². The fraction of sp³-hybridized carbons (Fsp3) is 0.846. The molecule has 1 N–H and O–H groups in total. The van der Waals surface area contributed by atoms with Crippen LogP contribution in [-0.2, 0) is 0 Å². The van der Waals surface area contributed by atoms with E-state index in [1.54, 1.807) is 0 Å². The third-order valence-corrected chi connectivity index (χ3v) is 3.81. The van der Waals surface area contributed by atoms with E-state index in [0.29, 0.717) is 11.5 Å². The lowest BCUT2D eigenvalue weighted by Gasteiger charge is -2.35. The Morgan fingerprint density at radius 2 is 2.00 bits per heavy atom. The molecule has 14 heavy (non-hydrogen) atoms. The second kappa shape index (κ2) is 5.55. The third kappa shape index (κ3) is 2.38. The maximum Gasteiger partial charge on any atom is 0.0304 e. The fourth-order valence-electron chi connectivity index (χ4n) is 2.81. The minimum atomic E-state index is 0.525. The van der Waals surface area contributed by atoms with E-state index in [-0.39, 0.29) is 0 Å². The summed E-state index contributed by atoms with van der Waals surface area (Å²) in [7, 11) is 0. The van der Waals surface area contributed by atoms with Crippen molar-refractivity contribution < 1.29 is 0 Å². The first-order valence-corrected chi connectivity index (χ1v) is 6.15. The Morgan fingerprint density at radius 3 is 2.43 bits per heavy atom. The van der Waals surface area contributed by atoms with Gasteiger partial charge in [-0.1, -0.05) is 32.8 Å². The van der Waals surface area contributed by atoms with Crippen molar-refractivity contribution >= 4 is 0 Å². The number of hydrogen-bond acceptors (Lipinski definition) is 1. The zero-order valence-corrected chi connectivity index (χ0v) is 9.81. The molecule has 0 heterocycles. The summed E-state index contributed by atoms with van der Waals surface area (Å²) in [6, 6.07) is 0.537. The quantitative estimate of drug-likeness (QED) is 0.640. The summed E-state index contributed by atoms with van der Waals surface area (Å²) in [6.45, 7) is 9.66. The highest BCUT2D eigenvalue weighted by Crippen LogP contribution is 2.44. The van der Waals surface area contributed by atoms with Crippen LogP contribution in [0.2, 0.25) is 0 Å².